The molecule has 0 aliphatic carbocycles. The van der Waals surface area contributed by atoms with E-state index >= 15 is 0 Å². The molecular formula is C13H13ClIN3O. The minimum absolute atomic E-state index is 0.0246. The van der Waals surface area contributed by atoms with Crippen molar-refractivity contribution in [2.24, 2.45) is 0 Å². The summed E-state index contributed by atoms with van der Waals surface area (Å²) in [5, 5.41) is 0.710. The third-order valence-electron chi connectivity index (χ3n) is 3.05. The van der Waals surface area contributed by atoms with Gasteiger partial charge in [-0.25, -0.2) is 4.98 Å². The maximum atomic E-state index is 11.6. The SMILES string of the molecule is CC(c1ccccc1Cl)N(C)c1nc[nH]c(=O)c1I. The van der Waals surface area contributed by atoms with Crippen molar-refractivity contribution in [3.05, 3.63) is 55.1 Å². The van der Waals surface area contributed by atoms with Gasteiger partial charge >= 0.3 is 0 Å². The van der Waals surface area contributed by atoms with Gasteiger partial charge in [-0.15, -0.1) is 0 Å². The van der Waals surface area contributed by atoms with Gasteiger partial charge in [-0.1, -0.05) is 29.8 Å². The molecule has 100 valence electrons. The molecule has 2 aromatic rings. The lowest BCUT2D eigenvalue weighted by atomic mass is 10.1. The van der Waals surface area contributed by atoms with Gasteiger partial charge < -0.3 is 9.88 Å². The van der Waals surface area contributed by atoms with Crippen LogP contribution in [0.5, 0.6) is 0 Å². The first-order chi connectivity index (χ1) is 9.02. The van der Waals surface area contributed by atoms with Gasteiger partial charge in [0.25, 0.3) is 5.56 Å². The molecule has 0 aliphatic rings. The Morgan fingerprint density at radius 2 is 2.11 bits per heavy atom. The van der Waals surface area contributed by atoms with E-state index in [-0.39, 0.29) is 11.6 Å². The second-order valence-corrected chi connectivity index (χ2v) is 5.66. The van der Waals surface area contributed by atoms with E-state index in [1.807, 2.05) is 65.7 Å². The summed E-state index contributed by atoms with van der Waals surface area (Å²) in [7, 11) is 1.90. The van der Waals surface area contributed by atoms with Crippen molar-refractivity contribution in [2.45, 2.75) is 13.0 Å². The molecule has 1 aromatic carbocycles. The summed E-state index contributed by atoms with van der Waals surface area (Å²) < 4.78 is 0.571. The number of nitrogens with zero attached hydrogens (tertiary/aromatic N) is 2. The normalized spacial score (nSPS) is 12.2. The van der Waals surface area contributed by atoms with Crippen LogP contribution in [0.4, 0.5) is 5.82 Å². The molecule has 4 nitrogen and oxygen atoms in total. The fraction of sp³-hybridized carbons (Fsp3) is 0.231. The molecule has 1 atom stereocenters. The molecule has 0 bridgehead atoms. The Hall–Kier alpha value is -1.08. The molecule has 0 amide bonds. The Balaban J connectivity index is 2.39. The molecule has 0 aliphatic heterocycles. The zero-order chi connectivity index (χ0) is 14.0. The standard InChI is InChI=1S/C13H13ClIN3O/c1-8(9-5-3-4-6-10(9)14)18(2)12-11(15)13(19)17-7-16-12/h3-8H,1-2H3,(H,16,17,19). The topological polar surface area (TPSA) is 49.0 Å². The van der Waals surface area contributed by atoms with Crippen LogP contribution in [0.25, 0.3) is 0 Å². The first-order valence-corrected chi connectivity index (χ1v) is 7.18. The predicted octanol–water partition coefficient (Wildman–Crippen LogP) is 3.23. The van der Waals surface area contributed by atoms with E-state index in [1.165, 1.54) is 6.33 Å². The molecule has 2 rings (SSSR count). The Labute approximate surface area is 130 Å². The van der Waals surface area contributed by atoms with Crippen LogP contribution in [0.2, 0.25) is 5.02 Å². The molecule has 0 spiro atoms. The van der Waals surface area contributed by atoms with Crippen LogP contribution in [0.1, 0.15) is 18.5 Å². The average molecular weight is 390 g/mol. The number of aromatic amines is 1. The van der Waals surface area contributed by atoms with E-state index in [9.17, 15) is 4.79 Å². The predicted molar refractivity (Wildman–Crippen MR) is 85.8 cm³/mol. The molecule has 0 saturated carbocycles. The van der Waals surface area contributed by atoms with Gasteiger partial charge in [0.15, 0.2) is 0 Å². The summed E-state index contributed by atoms with van der Waals surface area (Å²) in [6.45, 7) is 2.03. The number of rotatable bonds is 3. The van der Waals surface area contributed by atoms with Crippen LogP contribution in [-0.2, 0) is 0 Å². The largest absolute Gasteiger partial charge is 0.352 e. The monoisotopic (exact) mass is 389 g/mol. The van der Waals surface area contributed by atoms with Gasteiger partial charge in [0.05, 0.1) is 12.4 Å². The fourth-order valence-electron chi connectivity index (χ4n) is 1.83. The lowest BCUT2D eigenvalue weighted by Crippen LogP contribution is -2.26. The van der Waals surface area contributed by atoms with Gasteiger partial charge in [0, 0.05) is 12.1 Å². The van der Waals surface area contributed by atoms with Gasteiger partial charge in [0.1, 0.15) is 9.39 Å². The summed E-state index contributed by atoms with van der Waals surface area (Å²) in [5.74, 6) is 0.650. The molecular weight excluding hydrogens is 377 g/mol. The number of hydrogen-bond donors (Lipinski definition) is 1. The van der Waals surface area contributed by atoms with Gasteiger partial charge in [-0.2, -0.15) is 0 Å². The highest BCUT2D eigenvalue weighted by molar-refractivity contribution is 14.1. The number of aromatic nitrogens is 2. The first kappa shape index (κ1) is 14.3. The number of H-pyrrole nitrogens is 1. The number of benzene rings is 1. The molecule has 0 saturated heterocycles. The smallest absolute Gasteiger partial charge is 0.266 e. The van der Waals surface area contributed by atoms with Gasteiger partial charge in [0.2, 0.25) is 0 Å². The van der Waals surface area contributed by atoms with Crippen molar-refractivity contribution in [3.63, 3.8) is 0 Å². The zero-order valence-electron chi connectivity index (χ0n) is 10.5. The van der Waals surface area contributed by atoms with Crippen LogP contribution >= 0.6 is 34.2 Å². The van der Waals surface area contributed by atoms with E-state index in [1.54, 1.807) is 0 Å². The highest BCUT2D eigenvalue weighted by atomic mass is 127. The molecule has 1 aromatic heterocycles. The van der Waals surface area contributed by atoms with Crippen molar-refractivity contribution in [2.75, 3.05) is 11.9 Å². The Morgan fingerprint density at radius 3 is 2.79 bits per heavy atom. The van der Waals surface area contributed by atoms with E-state index in [0.29, 0.717) is 14.4 Å². The second kappa shape index (κ2) is 5.92. The van der Waals surface area contributed by atoms with E-state index in [0.717, 1.165) is 5.56 Å². The van der Waals surface area contributed by atoms with Gasteiger partial charge in [-0.05, 0) is 41.1 Å². The Kier molecular flexibility index (Phi) is 4.46. The summed E-state index contributed by atoms with van der Waals surface area (Å²) in [5.41, 5.74) is 0.869. The highest BCUT2D eigenvalue weighted by Crippen LogP contribution is 2.29. The lowest BCUT2D eigenvalue weighted by molar-refractivity contribution is 0.723. The van der Waals surface area contributed by atoms with Crippen molar-refractivity contribution < 1.29 is 0 Å². The average Bonchev–Trinajstić information content (AvgIpc) is 2.41. The van der Waals surface area contributed by atoms with Crippen molar-refractivity contribution in [3.8, 4) is 0 Å². The summed E-state index contributed by atoms with van der Waals surface area (Å²) in [4.78, 5) is 20.4. The maximum Gasteiger partial charge on any atom is 0.266 e. The number of hydrogen-bond acceptors (Lipinski definition) is 3. The van der Waals surface area contributed by atoms with Crippen LogP contribution < -0.4 is 10.5 Å². The van der Waals surface area contributed by atoms with Gasteiger partial charge in [-0.3, -0.25) is 4.79 Å². The summed E-state index contributed by atoms with van der Waals surface area (Å²) in [6.07, 6.45) is 1.41. The van der Waals surface area contributed by atoms with E-state index < -0.39 is 0 Å². The summed E-state index contributed by atoms with van der Waals surface area (Å²) >= 11 is 8.21. The fourth-order valence-corrected chi connectivity index (χ4v) is 2.79. The number of nitrogens with one attached hydrogen (secondary N) is 1. The molecule has 1 heterocycles. The van der Waals surface area contributed by atoms with Crippen molar-refractivity contribution in [1.29, 1.82) is 0 Å². The molecule has 19 heavy (non-hydrogen) atoms. The van der Waals surface area contributed by atoms with E-state index in [4.69, 9.17) is 11.6 Å². The number of halogens is 2. The minimum atomic E-state index is -0.135. The third kappa shape index (κ3) is 2.92. The lowest BCUT2D eigenvalue weighted by Gasteiger charge is -2.27. The highest BCUT2D eigenvalue weighted by Gasteiger charge is 2.18. The molecule has 6 heteroatoms. The molecule has 1 unspecified atom stereocenters. The quantitative estimate of drug-likeness (QED) is 0.820. The molecule has 1 N–H and O–H groups in total. The second-order valence-electron chi connectivity index (χ2n) is 4.18. The zero-order valence-corrected chi connectivity index (χ0v) is 13.4. The first-order valence-electron chi connectivity index (χ1n) is 5.72. The third-order valence-corrected chi connectivity index (χ3v) is 4.37. The molecule has 0 fully saturated rings. The molecule has 0 radical (unpaired) electrons. The van der Waals surface area contributed by atoms with Crippen LogP contribution in [-0.4, -0.2) is 17.0 Å². The van der Waals surface area contributed by atoms with Crippen molar-refractivity contribution >= 4 is 40.0 Å². The van der Waals surface area contributed by atoms with E-state index in [2.05, 4.69) is 9.97 Å². The van der Waals surface area contributed by atoms with Crippen LogP contribution in [0.3, 0.4) is 0 Å². The van der Waals surface area contributed by atoms with Crippen LogP contribution in [0, 0.1) is 3.57 Å². The Morgan fingerprint density at radius 1 is 1.42 bits per heavy atom. The maximum absolute atomic E-state index is 11.6. The Bertz CT molecular complexity index is 644. The summed E-state index contributed by atoms with van der Waals surface area (Å²) in [6, 6.07) is 7.70. The number of anilines is 1. The van der Waals surface area contributed by atoms with Crippen LogP contribution in [0.15, 0.2) is 35.4 Å². The minimum Gasteiger partial charge on any atom is -0.352 e. The van der Waals surface area contributed by atoms with Crippen molar-refractivity contribution in [1.82, 2.24) is 9.97 Å².